The van der Waals surface area contributed by atoms with Crippen LogP contribution in [-0.2, 0) is 11.3 Å². The molecule has 1 amide bonds. The number of hydrogen-bond donors (Lipinski definition) is 2. The lowest BCUT2D eigenvalue weighted by Crippen LogP contribution is -2.40. The molecular weight excluding hydrogens is 212 g/mol. The standard InChI is InChI=1S/C11H15ClN2O/c1-8(11(15)13-2)14-7-9-3-5-10(12)6-4-9/h3-6,8,14H,7H2,1-2H3,(H,13,15). The molecule has 3 nitrogen and oxygen atoms in total. The van der Waals surface area contributed by atoms with Gasteiger partial charge in [0, 0.05) is 18.6 Å². The second-order valence-corrected chi connectivity index (χ2v) is 3.78. The molecule has 82 valence electrons. The molecule has 0 bridgehead atoms. The molecule has 0 heterocycles. The summed E-state index contributed by atoms with van der Waals surface area (Å²) in [6.07, 6.45) is 0. The predicted octanol–water partition coefficient (Wildman–Crippen LogP) is 1.56. The highest BCUT2D eigenvalue weighted by Gasteiger charge is 2.08. The Bertz CT molecular complexity index is 324. The van der Waals surface area contributed by atoms with E-state index in [4.69, 9.17) is 11.6 Å². The maximum Gasteiger partial charge on any atom is 0.236 e. The van der Waals surface area contributed by atoms with Gasteiger partial charge in [-0.05, 0) is 24.6 Å². The van der Waals surface area contributed by atoms with Crippen LogP contribution < -0.4 is 10.6 Å². The number of carbonyl (C=O) groups excluding carboxylic acids is 1. The minimum atomic E-state index is -0.189. The number of hydrogen-bond acceptors (Lipinski definition) is 2. The van der Waals surface area contributed by atoms with E-state index in [9.17, 15) is 4.79 Å². The normalized spacial score (nSPS) is 12.2. The molecule has 0 aliphatic rings. The van der Waals surface area contributed by atoms with Crippen LogP contribution in [-0.4, -0.2) is 19.0 Å². The molecule has 0 radical (unpaired) electrons. The van der Waals surface area contributed by atoms with Crippen molar-refractivity contribution in [1.29, 1.82) is 0 Å². The fraction of sp³-hybridized carbons (Fsp3) is 0.364. The minimum absolute atomic E-state index is 0.0102. The molecule has 0 saturated heterocycles. The first-order chi connectivity index (χ1) is 7.13. The van der Waals surface area contributed by atoms with Crippen LogP contribution in [0.4, 0.5) is 0 Å². The van der Waals surface area contributed by atoms with Crippen LogP contribution in [0.1, 0.15) is 12.5 Å². The minimum Gasteiger partial charge on any atom is -0.358 e. The Balaban J connectivity index is 2.43. The van der Waals surface area contributed by atoms with Gasteiger partial charge in [-0.25, -0.2) is 0 Å². The number of halogens is 1. The SMILES string of the molecule is CNC(=O)C(C)NCc1ccc(Cl)cc1. The van der Waals surface area contributed by atoms with Gasteiger partial charge in [-0.15, -0.1) is 0 Å². The first kappa shape index (κ1) is 12.0. The Morgan fingerprint density at radius 1 is 1.40 bits per heavy atom. The summed E-state index contributed by atoms with van der Waals surface area (Å²) in [5, 5.41) is 6.42. The average Bonchev–Trinajstić information content (AvgIpc) is 2.26. The molecule has 0 aliphatic carbocycles. The zero-order chi connectivity index (χ0) is 11.3. The number of likely N-dealkylation sites (N-methyl/N-ethyl adjacent to an activating group) is 1. The summed E-state index contributed by atoms with van der Waals surface area (Å²) in [7, 11) is 1.63. The van der Waals surface area contributed by atoms with Crippen LogP contribution in [0, 0.1) is 0 Å². The molecule has 0 aromatic heterocycles. The summed E-state index contributed by atoms with van der Waals surface area (Å²) >= 11 is 5.76. The van der Waals surface area contributed by atoms with E-state index in [0.29, 0.717) is 6.54 Å². The fourth-order valence-electron chi connectivity index (χ4n) is 1.18. The van der Waals surface area contributed by atoms with Gasteiger partial charge < -0.3 is 10.6 Å². The van der Waals surface area contributed by atoms with E-state index in [-0.39, 0.29) is 11.9 Å². The van der Waals surface area contributed by atoms with Crippen molar-refractivity contribution in [1.82, 2.24) is 10.6 Å². The van der Waals surface area contributed by atoms with Crippen LogP contribution in [0.3, 0.4) is 0 Å². The van der Waals surface area contributed by atoms with Crippen molar-refractivity contribution in [2.75, 3.05) is 7.05 Å². The Kier molecular flexibility index (Phi) is 4.59. The van der Waals surface area contributed by atoms with E-state index in [2.05, 4.69) is 10.6 Å². The lowest BCUT2D eigenvalue weighted by molar-refractivity contribution is -0.122. The van der Waals surface area contributed by atoms with Crippen molar-refractivity contribution in [3.63, 3.8) is 0 Å². The molecule has 0 aliphatic heterocycles. The number of amides is 1. The van der Waals surface area contributed by atoms with E-state index >= 15 is 0 Å². The highest BCUT2D eigenvalue weighted by molar-refractivity contribution is 6.30. The fourth-order valence-corrected chi connectivity index (χ4v) is 1.31. The summed E-state index contributed by atoms with van der Waals surface area (Å²) in [4.78, 5) is 11.2. The lowest BCUT2D eigenvalue weighted by atomic mass is 10.2. The van der Waals surface area contributed by atoms with E-state index < -0.39 is 0 Å². The largest absolute Gasteiger partial charge is 0.358 e. The molecule has 0 spiro atoms. The van der Waals surface area contributed by atoms with E-state index in [1.54, 1.807) is 7.05 Å². The van der Waals surface area contributed by atoms with Crippen molar-refractivity contribution in [2.45, 2.75) is 19.5 Å². The number of nitrogens with one attached hydrogen (secondary N) is 2. The molecule has 1 unspecified atom stereocenters. The molecule has 0 fully saturated rings. The first-order valence-electron chi connectivity index (χ1n) is 4.83. The van der Waals surface area contributed by atoms with Gasteiger partial charge in [0.2, 0.25) is 5.91 Å². The average molecular weight is 227 g/mol. The summed E-state index contributed by atoms with van der Waals surface area (Å²) in [5.74, 6) is -0.0102. The maximum atomic E-state index is 11.2. The quantitative estimate of drug-likeness (QED) is 0.818. The van der Waals surface area contributed by atoms with Gasteiger partial charge in [0.25, 0.3) is 0 Å². The van der Waals surface area contributed by atoms with Gasteiger partial charge >= 0.3 is 0 Å². The second kappa shape index (κ2) is 5.73. The molecular formula is C11H15ClN2O. The zero-order valence-corrected chi connectivity index (χ0v) is 9.64. The summed E-state index contributed by atoms with van der Waals surface area (Å²) < 4.78 is 0. The predicted molar refractivity (Wildman–Crippen MR) is 61.8 cm³/mol. The van der Waals surface area contributed by atoms with Crippen molar-refractivity contribution in [2.24, 2.45) is 0 Å². The zero-order valence-electron chi connectivity index (χ0n) is 8.88. The Labute approximate surface area is 94.8 Å². The molecule has 1 aromatic carbocycles. The van der Waals surface area contributed by atoms with Crippen molar-refractivity contribution >= 4 is 17.5 Å². The molecule has 1 rings (SSSR count). The van der Waals surface area contributed by atoms with E-state index in [1.807, 2.05) is 31.2 Å². The number of carbonyl (C=O) groups is 1. The molecule has 1 atom stereocenters. The number of rotatable bonds is 4. The lowest BCUT2D eigenvalue weighted by Gasteiger charge is -2.11. The van der Waals surface area contributed by atoms with Crippen molar-refractivity contribution < 1.29 is 4.79 Å². The van der Waals surface area contributed by atoms with Crippen LogP contribution in [0.2, 0.25) is 5.02 Å². The molecule has 1 aromatic rings. The monoisotopic (exact) mass is 226 g/mol. The third-order valence-corrected chi connectivity index (χ3v) is 2.42. The van der Waals surface area contributed by atoms with Gasteiger partial charge in [0.05, 0.1) is 6.04 Å². The van der Waals surface area contributed by atoms with Gasteiger partial charge in [-0.3, -0.25) is 4.79 Å². The van der Waals surface area contributed by atoms with Gasteiger partial charge in [0.15, 0.2) is 0 Å². The van der Waals surface area contributed by atoms with Gasteiger partial charge in [-0.2, -0.15) is 0 Å². The third kappa shape index (κ3) is 3.90. The Hall–Kier alpha value is -1.06. The van der Waals surface area contributed by atoms with Gasteiger partial charge in [0.1, 0.15) is 0 Å². The third-order valence-electron chi connectivity index (χ3n) is 2.17. The van der Waals surface area contributed by atoms with E-state index in [0.717, 1.165) is 10.6 Å². The van der Waals surface area contributed by atoms with Crippen LogP contribution in [0.15, 0.2) is 24.3 Å². The molecule has 2 N–H and O–H groups in total. The maximum absolute atomic E-state index is 11.2. The molecule has 0 saturated carbocycles. The van der Waals surface area contributed by atoms with Crippen molar-refractivity contribution in [3.05, 3.63) is 34.9 Å². The molecule has 15 heavy (non-hydrogen) atoms. The number of benzene rings is 1. The summed E-state index contributed by atoms with van der Waals surface area (Å²) in [6, 6.07) is 7.36. The van der Waals surface area contributed by atoms with Crippen LogP contribution in [0.5, 0.6) is 0 Å². The second-order valence-electron chi connectivity index (χ2n) is 3.34. The highest BCUT2D eigenvalue weighted by Crippen LogP contribution is 2.09. The smallest absolute Gasteiger partial charge is 0.236 e. The van der Waals surface area contributed by atoms with Gasteiger partial charge in [-0.1, -0.05) is 23.7 Å². The Morgan fingerprint density at radius 3 is 2.53 bits per heavy atom. The van der Waals surface area contributed by atoms with Crippen molar-refractivity contribution in [3.8, 4) is 0 Å². The summed E-state index contributed by atoms with van der Waals surface area (Å²) in [5.41, 5.74) is 1.11. The highest BCUT2D eigenvalue weighted by atomic mass is 35.5. The Morgan fingerprint density at radius 2 is 2.00 bits per heavy atom. The van der Waals surface area contributed by atoms with Crippen LogP contribution in [0.25, 0.3) is 0 Å². The molecule has 4 heteroatoms. The van der Waals surface area contributed by atoms with Crippen LogP contribution >= 0.6 is 11.6 Å². The topological polar surface area (TPSA) is 41.1 Å². The van der Waals surface area contributed by atoms with E-state index in [1.165, 1.54) is 0 Å². The first-order valence-corrected chi connectivity index (χ1v) is 5.20. The summed E-state index contributed by atoms with van der Waals surface area (Å²) in [6.45, 7) is 2.49.